The number of hydrogen-bond donors (Lipinski definition) is 5. The molecule has 5 aromatic rings. The minimum absolute atomic E-state index is 0.0132. The third-order valence-electron chi connectivity index (χ3n) is 5.50. The number of aromatic nitrogens is 4. The van der Waals surface area contributed by atoms with E-state index >= 15 is 0 Å². The molecule has 5 rings (SSSR count). The summed E-state index contributed by atoms with van der Waals surface area (Å²) in [5, 5.41) is 19.4. The quantitative estimate of drug-likeness (QED) is 0.199. The lowest BCUT2D eigenvalue weighted by atomic mass is 10.1. The van der Waals surface area contributed by atoms with Crippen molar-refractivity contribution in [2.24, 2.45) is 5.73 Å². The molecule has 6 N–H and O–H groups in total. The van der Waals surface area contributed by atoms with E-state index in [1.54, 1.807) is 30.3 Å². The Bertz CT molecular complexity index is 1590. The number of nitriles is 1. The molecule has 9 nitrogen and oxygen atoms in total. The first-order chi connectivity index (χ1) is 16.5. The minimum Gasteiger partial charge on any atom is -0.384 e. The van der Waals surface area contributed by atoms with Crippen molar-refractivity contribution in [2.45, 2.75) is 13.0 Å². The molecule has 0 fully saturated rings. The second kappa shape index (κ2) is 8.52. The summed E-state index contributed by atoms with van der Waals surface area (Å²) < 4.78 is 0. The maximum atomic E-state index is 12.4. The number of hydrogen-bond acceptors (Lipinski definition) is 5. The third kappa shape index (κ3) is 4.20. The van der Waals surface area contributed by atoms with Gasteiger partial charge in [0.05, 0.1) is 40.1 Å². The number of carbonyl (C=O) groups is 1. The van der Waals surface area contributed by atoms with E-state index in [0.717, 1.165) is 39.3 Å². The maximum absolute atomic E-state index is 12.4. The van der Waals surface area contributed by atoms with Gasteiger partial charge in [-0.1, -0.05) is 6.07 Å². The molecule has 0 unspecified atom stereocenters. The van der Waals surface area contributed by atoms with E-state index in [4.69, 9.17) is 16.4 Å². The van der Waals surface area contributed by atoms with Crippen molar-refractivity contribution in [3.63, 3.8) is 0 Å². The highest BCUT2D eigenvalue weighted by atomic mass is 16.1. The molecule has 34 heavy (non-hydrogen) atoms. The van der Waals surface area contributed by atoms with Gasteiger partial charge in [0.1, 0.15) is 17.5 Å². The number of amides is 1. The van der Waals surface area contributed by atoms with Crippen molar-refractivity contribution < 1.29 is 4.79 Å². The molecule has 0 aliphatic rings. The molecule has 2 aromatic heterocycles. The fourth-order valence-electron chi connectivity index (χ4n) is 3.76. The van der Waals surface area contributed by atoms with Crippen LogP contribution in [0.2, 0.25) is 0 Å². The zero-order valence-corrected chi connectivity index (χ0v) is 18.0. The fourth-order valence-corrected chi connectivity index (χ4v) is 3.76. The molecule has 0 spiro atoms. The predicted molar refractivity (Wildman–Crippen MR) is 128 cm³/mol. The van der Waals surface area contributed by atoms with E-state index < -0.39 is 0 Å². The summed E-state index contributed by atoms with van der Waals surface area (Å²) in [6.07, 6.45) is 0.490. The normalized spacial score (nSPS) is 10.9. The first kappa shape index (κ1) is 20.9. The van der Waals surface area contributed by atoms with Crippen LogP contribution in [0.3, 0.4) is 0 Å². The predicted octanol–water partition coefficient (Wildman–Crippen LogP) is 3.12. The summed E-state index contributed by atoms with van der Waals surface area (Å²) in [4.78, 5) is 28.2. The van der Waals surface area contributed by atoms with E-state index in [9.17, 15) is 4.79 Å². The van der Waals surface area contributed by atoms with Crippen LogP contribution in [-0.4, -0.2) is 31.7 Å². The number of benzene rings is 3. The minimum atomic E-state index is -0.201. The Morgan fingerprint density at radius 1 is 0.941 bits per heavy atom. The van der Waals surface area contributed by atoms with E-state index in [-0.39, 0.29) is 11.7 Å². The Morgan fingerprint density at radius 2 is 1.56 bits per heavy atom. The maximum Gasteiger partial charge on any atom is 0.251 e. The zero-order valence-electron chi connectivity index (χ0n) is 18.0. The van der Waals surface area contributed by atoms with Crippen LogP contribution in [0.5, 0.6) is 0 Å². The van der Waals surface area contributed by atoms with Gasteiger partial charge in [-0.15, -0.1) is 0 Å². The molecule has 1 amide bonds. The van der Waals surface area contributed by atoms with Crippen LogP contribution in [0.15, 0.2) is 60.7 Å². The van der Waals surface area contributed by atoms with Crippen LogP contribution in [0.4, 0.5) is 0 Å². The lowest BCUT2D eigenvalue weighted by molar-refractivity contribution is 0.0951. The standard InChI is InChI=1S/C25H20N8O/c26-12-14-1-4-16(5-2-14)25(34)29-13-15-3-7-18-20(9-15)32-22(30-18)11-23-31-19-8-6-17(24(27)28)10-21(19)33-23/h1-10H,11,13H2,(H3,27,28)(H,29,34)(H,30,32)(H,31,33). The van der Waals surface area contributed by atoms with Crippen LogP contribution in [0, 0.1) is 16.7 Å². The number of rotatable bonds is 6. The van der Waals surface area contributed by atoms with Crippen molar-refractivity contribution in [1.82, 2.24) is 25.3 Å². The number of fused-ring (bicyclic) bond motifs is 2. The van der Waals surface area contributed by atoms with Gasteiger partial charge in [0.15, 0.2) is 0 Å². The molecular weight excluding hydrogens is 428 g/mol. The lowest BCUT2D eigenvalue weighted by Gasteiger charge is -2.05. The smallest absolute Gasteiger partial charge is 0.251 e. The summed E-state index contributed by atoms with van der Waals surface area (Å²) in [7, 11) is 0. The number of nitrogens with one attached hydrogen (secondary N) is 4. The van der Waals surface area contributed by atoms with Crippen molar-refractivity contribution in [2.75, 3.05) is 0 Å². The van der Waals surface area contributed by atoms with Gasteiger partial charge >= 0.3 is 0 Å². The molecule has 0 saturated carbocycles. The topological polar surface area (TPSA) is 160 Å². The molecule has 3 aromatic carbocycles. The summed E-state index contributed by atoms with van der Waals surface area (Å²) in [5.74, 6) is 1.33. The number of nitrogens with zero attached hydrogens (tertiary/aromatic N) is 3. The van der Waals surface area contributed by atoms with E-state index in [1.165, 1.54) is 0 Å². The average Bonchev–Trinajstić information content (AvgIpc) is 3.44. The van der Waals surface area contributed by atoms with E-state index in [0.29, 0.717) is 29.7 Å². The molecule has 0 atom stereocenters. The molecule has 166 valence electrons. The Balaban J connectivity index is 1.28. The van der Waals surface area contributed by atoms with Gasteiger partial charge in [0.2, 0.25) is 0 Å². The van der Waals surface area contributed by atoms with E-state index in [1.807, 2.05) is 36.4 Å². The van der Waals surface area contributed by atoms with E-state index in [2.05, 4.69) is 25.3 Å². The molecule has 0 aliphatic carbocycles. The number of carbonyl (C=O) groups excluding carboxylic acids is 1. The van der Waals surface area contributed by atoms with Crippen molar-refractivity contribution >= 4 is 33.8 Å². The van der Waals surface area contributed by atoms with Gasteiger partial charge in [-0.25, -0.2) is 9.97 Å². The van der Waals surface area contributed by atoms with Crippen molar-refractivity contribution in [3.8, 4) is 6.07 Å². The fraction of sp³-hybridized carbons (Fsp3) is 0.0800. The number of H-pyrrole nitrogens is 2. The zero-order chi connectivity index (χ0) is 23.7. The number of nitrogen functional groups attached to an aromatic ring is 1. The summed E-state index contributed by atoms with van der Waals surface area (Å²) in [6, 6.07) is 19.8. The van der Waals surface area contributed by atoms with Gasteiger partial charge in [-0.2, -0.15) is 5.26 Å². The highest BCUT2D eigenvalue weighted by Crippen LogP contribution is 2.18. The molecular formula is C25H20N8O. The van der Waals surface area contributed by atoms with Crippen molar-refractivity contribution in [1.29, 1.82) is 10.7 Å². The second-order valence-electron chi connectivity index (χ2n) is 7.91. The monoisotopic (exact) mass is 448 g/mol. The molecule has 2 heterocycles. The lowest BCUT2D eigenvalue weighted by Crippen LogP contribution is -2.22. The highest BCUT2D eigenvalue weighted by molar-refractivity contribution is 5.98. The van der Waals surface area contributed by atoms with Crippen LogP contribution in [0.25, 0.3) is 22.1 Å². The van der Waals surface area contributed by atoms with Crippen LogP contribution in [0.1, 0.15) is 38.7 Å². The van der Waals surface area contributed by atoms with Crippen molar-refractivity contribution in [3.05, 3.63) is 94.6 Å². The molecule has 0 bridgehead atoms. The van der Waals surface area contributed by atoms with Gasteiger partial charge in [0, 0.05) is 17.7 Å². The summed E-state index contributed by atoms with van der Waals surface area (Å²) in [6.45, 7) is 0.366. The van der Waals surface area contributed by atoms with Gasteiger partial charge in [-0.3, -0.25) is 10.2 Å². The SMILES string of the molecule is N#Cc1ccc(C(=O)NCc2ccc3nc(Cc4nc5ccc(C(=N)N)cc5[nH]4)[nH]c3c2)cc1. The molecule has 0 radical (unpaired) electrons. The average molecular weight is 448 g/mol. The van der Waals surface area contributed by atoms with Crippen LogP contribution in [-0.2, 0) is 13.0 Å². The second-order valence-corrected chi connectivity index (χ2v) is 7.91. The Morgan fingerprint density at radius 3 is 2.21 bits per heavy atom. The van der Waals surface area contributed by atoms with Gasteiger partial charge in [0.25, 0.3) is 5.91 Å². The Kier molecular flexibility index (Phi) is 5.24. The Hall–Kier alpha value is -4.97. The summed E-state index contributed by atoms with van der Waals surface area (Å²) >= 11 is 0. The highest BCUT2D eigenvalue weighted by Gasteiger charge is 2.10. The molecule has 0 saturated heterocycles. The number of amidine groups is 1. The third-order valence-corrected chi connectivity index (χ3v) is 5.50. The first-order valence-corrected chi connectivity index (χ1v) is 10.6. The largest absolute Gasteiger partial charge is 0.384 e. The number of nitrogens with two attached hydrogens (primary N) is 1. The van der Waals surface area contributed by atoms with Crippen LogP contribution >= 0.6 is 0 Å². The van der Waals surface area contributed by atoms with Gasteiger partial charge < -0.3 is 21.0 Å². The Labute approximate surface area is 194 Å². The first-order valence-electron chi connectivity index (χ1n) is 10.6. The molecule has 0 aliphatic heterocycles. The summed E-state index contributed by atoms with van der Waals surface area (Å²) in [5.41, 5.74) is 11.5. The number of aromatic amines is 2. The van der Waals surface area contributed by atoms with Gasteiger partial charge in [-0.05, 0) is 60.2 Å². The van der Waals surface area contributed by atoms with Crippen LogP contribution < -0.4 is 11.1 Å². The number of imidazole rings is 2. The molecule has 9 heteroatoms.